The van der Waals surface area contributed by atoms with Crippen molar-refractivity contribution in [2.75, 3.05) is 7.11 Å². The summed E-state index contributed by atoms with van der Waals surface area (Å²) in [5.74, 6) is -0.209. The lowest BCUT2D eigenvalue weighted by Crippen LogP contribution is -2.19. The van der Waals surface area contributed by atoms with E-state index in [1.807, 2.05) is 0 Å². The lowest BCUT2D eigenvalue weighted by Gasteiger charge is -2.12. The number of hydrogen-bond donors (Lipinski definition) is 0. The highest BCUT2D eigenvalue weighted by atomic mass is 35.5. The first kappa shape index (κ1) is 22.5. The van der Waals surface area contributed by atoms with E-state index in [4.69, 9.17) is 16.0 Å². The molecule has 0 aliphatic heterocycles. The molecule has 12 heteroatoms. The number of halogens is 4. The normalized spacial score (nSPS) is 12.1. The molecular weight excluding hydrogens is 463 g/mol. The van der Waals surface area contributed by atoms with E-state index >= 15 is 0 Å². The van der Waals surface area contributed by atoms with Gasteiger partial charge in [-0.2, -0.15) is 18.3 Å². The standard InChI is InChI=1S/C21H15ClF3N5O3/c1-11-6-12(8-28-32-2)7-13-16(11)29-19(33-20(13)31)14-9-27-30(10-21(23,24)25)18(14)17-15(22)4-3-5-26-17/h3-9H,10H2,1-2H3. The first-order valence-electron chi connectivity index (χ1n) is 9.44. The molecule has 3 aromatic heterocycles. The van der Waals surface area contributed by atoms with Gasteiger partial charge in [-0.05, 0) is 42.3 Å². The van der Waals surface area contributed by atoms with Crippen LogP contribution in [-0.2, 0) is 11.4 Å². The van der Waals surface area contributed by atoms with Gasteiger partial charge in [0.2, 0.25) is 5.89 Å². The Morgan fingerprint density at radius 2 is 2.12 bits per heavy atom. The number of rotatable bonds is 5. The number of pyridine rings is 1. The number of benzene rings is 1. The van der Waals surface area contributed by atoms with E-state index in [9.17, 15) is 18.0 Å². The molecule has 0 amide bonds. The Kier molecular flexibility index (Phi) is 5.90. The second-order valence-electron chi connectivity index (χ2n) is 6.97. The zero-order valence-corrected chi connectivity index (χ0v) is 18.0. The van der Waals surface area contributed by atoms with Crippen molar-refractivity contribution in [1.82, 2.24) is 19.7 Å². The quantitative estimate of drug-likeness (QED) is 0.307. The summed E-state index contributed by atoms with van der Waals surface area (Å²) < 4.78 is 45.6. The van der Waals surface area contributed by atoms with Crippen LogP contribution in [0.15, 0.2) is 51.0 Å². The number of aryl methyl sites for hydroxylation is 1. The molecule has 0 aliphatic rings. The first-order valence-corrected chi connectivity index (χ1v) is 9.81. The molecule has 0 aliphatic carbocycles. The van der Waals surface area contributed by atoms with Crippen molar-refractivity contribution in [3.63, 3.8) is 0 Å². The van der Waals surface area contributed by atoms with Gasteiger partial charge in [0.15, 0.2) is 0 Å². The number of fused-ring (bicyclic) bond motifs is 1. The fraction of sp³-hybridized carbons (Fsp3) is 0.190. The van der Waals surface area contributed by atoms with Gasteiger partial charge in [-0.1, -0.05) is 16.8 Å². The molecule has 0 atom stereocenters. The van der Waals surface area contributed by atoms with Gasteiger partial charge >= 0.3 is 11.8 Å². The third kappa shape index (κ3) is 4.58. The van der Waals surface area contributed by atoms with E-state index in [-0.39, 0.29) is 33.3 Å². The van der Waals surface area contributed by atoms with Crippen LogP contribution in [-0.4, -0.2) is 39.2 Å². The minimum Gasteiger partial charge on any atom is -0.403 e. The van der Waals surface area contributed by atoms with Gasteiger partial charge in [-0.3, -0.25) is 9.67 Å². The van der Waals surface area contributed by atoms with Crippen molar-refractivity contribution in [2.45, 2.75) is 19.6 Å². The van der Waals surface area contributed by atoms with Crippen LogP contribution in [0.4, 0.5) is 13.2 Å². The average Bonchev–Trinajstić information content (AvgIpc) is 3.14. The number of oxime groups is 1. The summed E-state index contributed by atoms with van der Waals surface area (Å²) in [4.78, 5) is 25.9. The highest BCUT2D eigenvalue weighted by Gasteiger charge is 2.32. The molecule has 0 unspecified atom stereocenters. The Bertz CT molecular complexity index is 1430. The maximum absolute atomic E-state index is 13.2. The van der Waals surface area contributed by atoms with Gasteiger partial charge in [0.1, 0.15) is 25.0 Å². The highest BCUT2D eigenvalue weighted by molar-refractivity contribution is 6.33. The first-order chi connectivity index (χ1) is 15.7. The van der Waals surface area contributed by atoms with E-state index in [1.54, 1.807) is 13.0 Å². The maximum atomic E-state index is 13.2. The number of hydrogen-bond acceptors (Lipinski definition) is 7. The Morgan fingerprint density at radius 3 is 2.82 bits per heavy atom. The molecule has 0 saturated carbocycles. The molecule has 4 rings (SSSR count). The smallest absolute Gasteiger partial charge is 0.403 e. The molecule has 0 radical (unpaired) electrons. The monoisotopic (exact) mass is 477 g/mol. The van der Waals surface area contributed by atoms with Crippen LogP contribution in [0.5, 0.6) is 0 Å². The second-order valence-corrected chi connectivity index (χ2v) is 7.38. The predicted molar refractivity (Wildman–Crippen MR) is 115 cm³/mol. The summed E-state index contributed by atoms with van der Waals surface area (Å²) in [5, 5.41) is 7.79. The van der Waals surface area contributed by atoms with Crippen LogP contribution in [0.3, 0.4) is 0 Å². The summed E-state index contributed by atoms with van der Waals surface area (Å²) in [6.45, 7) is 0.334. The minimum absolute atomic E-state index is 0.0447. The molecule has 33 heavy (non-hydrogen) atoms. The third-order valence-corrected chi connectivity index (χ3v) is 4.94. The van der Waals surface area contributed by atoms with Gasteiger partial charge in [0, 0.05) is 6.20 Å². The molecule has 0 bridgehead atoms. The fourth-order valence-corrected chi connectivity index (χ4v) is 3.53. The molecule has 0 spiro atoms. The second kappa shape index (κ2) is 8.66. The van der Waals surface area contributed by atoms with E-state index in [0.29, 0.717) is 21.3 Å². The molecule has 4 aromatic rings. The molecule has 0 fully saturated rings. The van der Waals surface area contributed by atoms with E-state index < -0.39 is 18.3 Å². The molecule has 8 nitrogen and oxygen atoms in total. The Labute approximate surface area is 189 Å². The van der Waals surface area contributed by atoms with Crippen molar-refractivity contribution in [1.29, 1.82) is 0 Å². The van der Waals surface area contributed by atoms with Gasteiger partial charge in [-0.25, -0.2) is 9.78 Å². The van der Waals surface area contributed by atoms with Gasteiger partial charge in [-0.15, -0.1) is 0 Å². The van der Waals surface area contributed by atoms with Crippen LogP contribution in [0, 0.1) is 6.92 Å². The topological polar surface area (TPSA) is 95.4 Å². The van der Waals surface area contributed by atoms with Crippen LogP contribution >= 0.6 is 11.6 Å². The molecule has 0 saturated heterocycles. The van der Waals surface area contributed by atoms with Gasteiger partial charge in [0.05, 0.1) is 33.9 Å². The van der Waals surface area contributed by atoms with Crippen molar-refractivity contribution in [3.8, 4) is 22.8 Å². The summed E-state index contributed by atoms with van der Waals surface area (Å²) in [6, 6.07) is 6.27. The fourth-order valence-electron chi connectivity index (χ4n) is 3.32. The van der Waals surface area contributed by atoms with Crippen molar-refractivity contribution in [2.24, 2.45) is 5.16 Å². The number of alkyl halides is 3. The third-order valence-electron chi connectivity index (χ3n) is 4.63. The summed E-state index contributed by atoms with van der Waals surface area (Å²) in [7, 11) is 1.39. The Morgan fingerprint density at radius 1 is 1.33 bits per heavy atom. The van der Waals surface area contributed by atoms with Crippen LogP contribution in [0.25, 0.3) is 33.7 Å². The summed E-state index contributed by atoms with van der Waals surface area (Å²) in [6.07, 6.45) is -0.624. The van der Waals surface area contributed by atoms with E-state index in [1.165, 1.54) is 37.7 Å². The zero-order valence-electron chi connectivity index (χ0n) is 17.2. The number of nitrogens with zero attached hydrogens (tertiary/aromatic N) is 5. The molecule has 0 N–H and O–H groups in total. The lowest BCUT2D eigenvalue weighted by molar-refractivity contribution is -0.142. The van der Waals surface area contributed by atoms with Gasteiger partial charge in [0.25, 0.3) is 0 Å². The Balaban J connectivity index is 1.95. The van der Waals surface area contributed by atoms with Crippen molar-refractivity contribution < 1.29 is 22.4 Å². The highest BCUT2D eigenvalue weighted by Crippen LogP contribution is 2.35. The maximum Gasteiger partial charge on any atom is 0.408 e. The number of aromatic nitrogens is 4. The van der Waals surface area contributed by atoms with Crippen molar-refractivity contribution >= 4 is 28.7 Å². The summed E-state index contributed by atoms with van der Waals surface area (Å²) in [5.41, 5.74) is 0.813. The van der Waals surface area contributed by atoms with Crippen LogP contribution in [0.1, 0.15) is 11.1 Å². The molecule has 1 aromatic carbocycles. The van der Waals surface area contributed by atoms with Gasteiger partial charge < -0.3 is 9.25 Å². The minimum atomic E-state index is -4.56. The van der Waals surface area contributed by atoms with Crippen LogP contribution in [0.2, 0.25) is 5.02 Å². The zero-order chi connectivity index (χ0) is 23.8. The van der Waals surface area contributed by atoms with E-state index in [0.717, 1.165) is 6.20 Å². The van der Waals surface area contributed by atoms with Crippen molar-refractivity contribution in [3.05, 3.63) is 63.2 Å². The molecular formula is C21H15ClF3N5O3. The molecule has 3 heterocycles. The largest absolute Gasteiger partial charge is 0.408 e. The molecule has 170 valence electrons. The van der Waals surface area contributed by atoms with E-state index in [2.05, 4.69) is 25.1 Å². The predicted octanol–water partition coefficient (Wildman–Crippen LogP) is 4.62. The SMILES string of the molecule is CON=Cc1cc(C)c2nc(-c3cnn(CC(F)(F)F)c3-c3ncccc3Cl)oc(=O)c2c1. The Hall–Kier alpha value is -3.73. The van der Waals surface area contributed by atoms with Crippen LogP contribution < -0.4 is 5.63 Å². The lowest BCUT2D eigenvalue weighted by atomic mass is 10.1. The average molecular weight is 478 g/mol. The summed E-state index contributed by atoms with van der Waals surface area (Å²) >= 11 is 6.21.